The third-order valence-electron chi connectivity index (χ3n) is 1.56. The van der Waals surface area contributed by atoms with Gasteiger partial charge in [0.15, 0.2) is 0 Å². The molecule has 0 amide bonds. The number of nitro groups is 1. The van der Waals surface area contributed by atoms with Crippen molar-refractivity contribution in [3.63, 3.8) is 0 Å². The van der Waals surface area contributed by atoms with Crippen molar-refractivity contribution in [2.45, 2.75) is 6.42 Å². The number of carbonyl (C=O) groups excluding carboxylic acids is 1. The molecule has 0 N–H and O–H groups in total. The molecular formula is C8H6ClNO3. The Hall–Kier alpha value is -1.42. The van der Waals surface area contributed by atoms with E-state index in [2.05, 4.69) is 0 Å². The van der Waals surface area contributed by atoms with E-state index in [0.717, 1.165) is 0 Å². The zero-order chi connectivity index (χ0) is 9.84. The van der Waals surface area contributed by atoms with Crippen molar-refractivity contribution in [1.29, 1.82) is 0 Å². The average molecular weight is 200 g/mol. The first-order chi connectivity index (χ1) is 6.16. The molecule has 0 radical (unpaired) electrons. The molecule has 1 aromatic carbocycles. The van der Waals surface area contributed by atoms with Gasteiger partial charge < -0.3 is 4.79 Å². The number of aldehydes is 1. The van der Waals surface area contributed by atoms with Crippen LogP contribution >= 0.6 is 11.6 Å². The Morgan fingerprint density at radius 3 is 2.77 bits per heavy atom. The van der Waals surface area contributed by atoms with Gasteiger partial charge in [0.1, 0.15) is 11.3 Å². The van der Waals surface area contributed by atoms with Crippen molar-refractivity contribution in [3.8, 4) is 0 Å². The van der Waals surface area contributed by atoms with Crippen LogP contribution in [0.1, 0.15) is 5.56 Å². The number of nitro benzene ring substituents is 1. The molecule has 0 aromatic heterocycles. The van der Waals surface area contributed by atoms with Gasteiger partial charge in [0.05, 0.1) is 4.92 Å². The zero-order valence-electron chi connectivity index (χ0n) is 6.57. The predicted molar refractivity (Wildman–Crippen MR) is 47.9 cm³/mol. The number of halogens is 1. The molecule has 0 heterocycles. The van der Waals surface area contributed by atoms with E-state index in [0.29, 0.717) is 11.8 Å². The van der Waals surface area contributed by atoms with Crippen molar-refractivity contribution in [2.75, 3.05) is 0 Å². The van der Waals surface area contributed by atoms with Gasteiger partial charge in [-0.05, 0) is 5.56 Å². The van der Waals surface area contributed by atoms with Crippen LogP contribution in [0.25, 0.3) is 0 Å². The van der Waals surface area contributed by atoms with Crippen LogP contribution in [0.15, 0.2) is 18.2 Å². The summed E-state index contributed by atoms with van der Waals surface area (Å²) in [5, 5.41) is 10.5. The molecule has 0 fully saturated rings. The van der Waals surface area contributed by atoms with E-state index >= 15 is 0 Å². The van der Waals surface area contributed by atoms with E-state index in [-0.39, 0.29) is 17.1 Å². The van der Waals surface area contributed by atoms with Crippen LogP contribution in [0.5, 0.6) is 0 Å². The Balaban J connectivity index is 3.17. The summed E-state index contributed by atoms with van der Waals surface area (Å²) in [6.07, 6.45) is 0.755. The van der Waals surface area contributed by atoms with Gasteiger partial charge in [-0.1, -0.05) is 23.7 Å². The molecule has 0 aliphatic rings. The standard InChI is InChI=1S/C8H6ClNO3/c9-8-6(4-5-11)2-1-3-7(8)10(12)13/h1-3,5H,4H2. The monoisotopic (exact) mass is 199 g/mol. The van der Waals surface area contributed by atoms with E-state index in [4.69, 9.17) is 11.6 Å². The van der Waals surface area contributed by atoms with Gasteiger partial charge >= 0.3 is 0 Å². The minimum Gasteiger partial charge on any atom is -0.303 e. The Labute approximate surface area is 79.3 Å². The summed E-state index contributed by atoms with van der Waals surface area (Å²) in [5.41, 5.74) is 0.312. The van der Waals surface area contributed by atoms with Crippen molar-refractivity contribution in [1.82, 2.24) is 0 Å². The maximum absolute atomic E-state index is 10.4. The number of rotatable bonds is 3. The second-order valence-electron chi connectivity index (χ2n) is 2.38. The number of hydrogen-bond acceptors (Lipinski definition) is 3. The van der Waals surface area contributed by atoms with E-state index < -0.39 is 4.92 Å². The summed E-state index contributed by atoms with van der Waals surface area (Å²) in [7, 11) is 0. The molecule has 13 heavy (non-hydrogen) atoms. The molecule has 1 rings (SSSR count). The first-order valence-electron chi connectivity index (χ1n) is 3.52. The predicted octanol–water partition coefficient (Wildman–Crippen LogP) is 1.99. The van der Waals surface area contributed by atoms with E-state index in [1.807, 2.05) is 0 Å². The van der Waals surface area contributed by atoms with Gasteiger partial charge in [-0.3, -0.25) is 10.1 Å². The molecule has 0 aliphatic heterocycles. The molecule has 5 heteroatoms. The quantitative estimate of drug-likeness (QED) is 0.425. The van der Waals surface area contributed by atoms with Crippen LogP contribution in [0.3, 0.4) is 0 Å². The molecule has 1 aromatic rings. The summed E-state index contributed by atoms with van der Waals surface area (Å²) in [5.74, 6) is 0. The molecule has 68 valence electrons. The third kappa shape index (κ3) is 2.03. The minimum absolute atomic E-state index is 0.0413. The maximum Gasteiger partial charge on any atom is 0.288 e. The SMILES string of the molecule is O=CCc1cccc([N+](=O)[O-])c1Cl. The lowest BCUT2D eigenvalue weighted by molar-refractivity contribution is -0.384. The van der Waals surface area contributed by atoms with E-state index in [1.54, 1.807) is 6.07 Å². The molecule has 0 atom stereocenters. The molecule has 0 aliphatic carbocycles. The van der Waals surface area contributed by atoms with Crippen molar-refractivity contribution in [2.24, 2.45) is 0 Å². The lowest BCUT2D eigenvalue weighted by Crippen LogP contribution is -1.93. The van der Waals surface area contributed by atoms with Gasteiger partial charge in [-0.15, -0.1) is 0 Å². The van der Waals surface area contributed by atoms with Crippen molar-refractivity contribution < 1.29 is 9.72 Å². The second-order valence-corrected chi connectivity index (χ2v) is 2.76. The van der Waals surface area contributed by atoms with Gasteiger partial charge in [-0.2, -0.15) is 0 Å². The fraction of sp³-hybridized carbons (Fsp3) is 0.125. The minimum atomic E-state index is -0.573. The van der Waals surface area contributed by atoms with E-state index in [1.165, 1.54) is 12.1 Å². The highest BCUT2D eigenvalue weighted by atomic mass is 35.5. The molecule has 0 bridgehead atoms. The topological polar surface area (TPSA) is 60.2 Å². The van der Waals surface area contributed by atoms with Crippen LogP contribution in [-0.2, 0) is 11.2 Å². The van der Waals surface area contributed by atoms with Gasteiger partial charge in [0, 0.05) is 12.5 Å². The van der Waals surface area contributed by atoms with Gasteiger partial charge in [0.25, 0.3) is 5.69 Å². The van der Waals surface area contributed by atoms with Crippen molar-refractivity contribution in [3.05, 3.63) is 38.9 Å². The Kier molecular flexibility index (Phi) is 2.97. The summed E-state index contributed by atoms with van der Waals surface area (Å²) in [6, 6.07) is 4.39. The van der Waals surface area contributed by atoms with Crippen molar-refractivity contribution >= 4 is 23.6 Å². The number of nitrogens with zero attached hydrogens (tertiary/aromatic N) is 1. The highest BCUT2D eigenvalue weighted by Crippen LogP contribution is 2.27. The van der Waals surface area contributed by atoms with Gasteiger partial charge in [-0.25, -0.2) is 0 Å². The van der Waals surface area contributed by atoms with Crippen LogP contribution in [0.2, 0.25) is 5.02 Å². The van der Waals surface area contributed by atoms with E-state index in [9.17, 15) is 14.9 Å². The third-order valence-corrected chi connectivity index (χ3v) is 1.99. The summed E-state index contributed by atoms with van der Waals surface area (Å²) >= 11 is 5.68. The first kappa shape index (κ1) is 9.67. The summed E-state index contributed by atoms with van der Waals surface area (Å²) in [6.45, 7) is 0. The average Bonchev–Trinajstić information content (AvgIpc) is 2.08. The number of hydrogen-bond donors (Lipinski definition) is 0. The highest BCUT2D eigenvalue weighted by Gasteiger charge is 2.14. The first-order valence-corrected chi connectivity index (χ1v) is 3.90. The fourth-order valence-corrected chi connectivity index (χ4v) is 1.23. The molecule has 0 unspecified atom stereocenters. The van der Waals surface area contributed by atoms with Crippen LogP contribution in [0.4, 0.5) is 5.69 Å². The van der Waals surface area contributed by atoms with Crippen LogP contribution in [-0.4, -0.2) is 11.2 Å². The normalized spacial score (nSPS) is 9.62. The molecule has 0 saturated carbocycles. The lowest BCUT2D eigenvalue weighted by Gasteiger charge is -1.99. The smallest absolute Gasteiger partial charge is 0.288 e. The maximum atomic E-state index is 10.4. The molecule has 4 nitrogen and oxygen atoms in total. The lowest BCUT2D eigenvalue weighted by atomic mass is 10.1. The van der Waals surface area contributed by atoms with Crippen LogP contribution in [0, 0.1) is 10.1 Å². The Morgan fingerprint density at radius 2 is 2.23 bits per heavy atom. The van der Waals surface area contributed by atoms with Gasteiger partial charge in [0.2, 0.25) is 0 Å². The summed E-state index contributed by atoms with van der Waals surface area (Å²) in [4.78, 5) is 20.0. The second kappa shape index (κ2) is 4.00. The molecule has 0 spiro atoms. The fourth-order valence-electron chi connectivity index (χ4n) is 0.955. The number of benzene rings is 1. The number of carbonyl (C=O) groups is 1. The largest absolute Gasteiger partial charge is 0.303 e. The molecular weight excluding hydrogens is 194 g/mol. The molecule has 0 saturated heterocycles. The Morgan fingerprint density at radius 1 is 1.54 bits per heavy atom. The Bertz CT molecular complexity index is 351. The highest BCUT2D eigenvalue weighted by molar-refractivity contribution is 6.33. The zero-order valence-corrected chi connectivity index (χ0v) is 7.32. The van der Waals surface area contributed by atoms with Crippen LogP contribution < -0.4 is 0 Å². The summed E-state index contributed by atoms with van der Waals surface area (Å²) < 4.78 is 0.